The lowest BCUT2D eigenvalue weighted by Crippen LogP contribution is -2.17. The monoisotopic (exact) mass is 233 g/mol. The Labute approximate surface area is 98.0 Å². The predicted octanol–water partition coefficient (Wildman–Crippen LogP) is 1.27. The van der Waals surface area contributed by atoms with Gasteiger partial charge in [0.25, 0.3) is 0 Å². The predicted molar refractivity (Wildman–Crippen MR) is 61.4 cm³/mol. The summed E-state index contributed by atoms with van der Waals surface area (Å²) in [7, 11) is 0. The van der Waals surface area contributed by atoms with Crippen LogP contribution in [0.4, 0.5) is 4.39 Å². The summed E-state index contributed by atoms with van der Waals surface area (Å²) < 4.78 is 12.8. The van der Waals surface area contributed by atoms with Crippen molar-refractivity contribution in [3.8, 4) is 11.3 Å². The van der Waals surface area contributed by atoms with Gasteiger partial charge in [-0.25, -0.2) is 14.4 Å². The Morgan fingerprint density at radius 2 is 1.94 bits per heavy atom. The summed E-state index contributed by atoms with van der Waals surface area (Å²) in [4.78, 5) is 8.21. The van der Waals surface area contributed by atoms with Gasteiger partial charge >= 0.3 is 0 Å². The van der Waals surface area contributed by atoms with Crippen LogP contribution in [0.2, 0.25) is 0 Å². The van der Waals surface area contributed by atoms with Crippen LogP contribution in [0.3, 0.4) is 0 Å². The molecule has 0 aliphatic carbocycles. The third-order valence-corrected chi connectivity index (χ3v) is 2.34. The SMILES string of the molecule is NC(CO)c1nccc(-c2ccc(F)cc2)n1. The number of hydrogen-bond acceptors (Lipinski definition) is 4. The topological polar surface area (TPSA) is 72.0 Å². The second-order valence-corrected chi connectivity index (χ2v) is 3.60. The van der Waals surface area contributed by atoms with Gasteiger partial charge in [-0.1, -0.05) is 0 Å². The van der Waals surface area contributed by atoms with Gasteiger partial charge in [0.15, 0.2) is 0 Å². The fourth-order valence-electron chi connectivity index (χ4n) is 1.42. The number of aliphatic hydroxyl groups excluding tert-OH is 1. The van der Waals surface area contributed by atoms with Gasteiger partial charge in [0.2, 0.25) is 0 Å². The van der Waals surface area contributed by atoms with Crippen LogP contribution in [0.15, 0.2) is 36.5 Å². The van der Waals surface area contributed by atoms with Crippen molar-refractivity contribution in [1.82, 2.24) is 9.97 Å². The molecular weight excluding hydrogens is 221 g/mol. The fraction of sp³-hybridized carbons (Fsp3) is 0.167. The second kappa shape index (κ2) is 4.99. The molecule has 88 valence electrons. The van der Waals surface area contributed by atoms with E-state index in [0.29, 0.717) is 11.5 Å². The van der Waals surface area contributed by atoms with Crippen molar-refractivity contribution in [3.05, 3.63) is 48.2 Å². The first kappa shape index (κ1) is 11.6. The Hall–Kier alpha value is -1.85. The summed E-state index contributed by atoms with van der Waals surface area (Å²) in [5.41, 5.74) is 7.06. The van der Waals surface area contributed by atoms with Gasteiger partial charge in [0.05, 0.1) is 18.3 Å². The maximum absolute atomic E-state index is 12.8. The minimum absolute atomic E-state index is 0.215. The van der Waals surface area contributed by atoms with Gasteiger partial charge in [-0.3, -0.25) is 0 Å². The van der Waals surface area contributed by atoms with E-state index in [4.69, 9.17) is 10.8 Å². The third-order valence-electron chi connectivity index (χ3n) is 2.34. The van der Waals surface area contributed by atoms with Crippen LogP contribution < -0.4 is 5.73 Å². The molecule has 0 spiro atoms. The number of benzene rings is 1. The molecule has 0 radical (unpaired) electrons. The van der Waals surface area contributed by atoms with Gasteiger partial charge < -0.3 is 10.8 Å². The van der Waals surface area contributed by atoms with Crippen LogP contribution in [0.1, 0.15) is 11.9 Å². The number of rotatable bonds is 3. The molecule has 2 rings (SSSR count). The summed E-state index contributed by atoms with van der Waals surface area (Å²) in [6.45, 7) is -0.215. The number of nitrogens with zero attached hydrogens (tertiary/aromatic N) is 2. The molecule has 1 aromatic carbocycles. The van der Waals surface area contributed by atoms with Crippen LogP contribution in [-0.4, -0.2) is 21.7 Å². The molecule has 5 heteroatoms. The molecule has 4 nitrogen and oxygen atoms in total. The highest BCUT2D eigenvalue weighted by Crippen LogP contribution is 2.17. The summed E-state index contributed by atoms with van der Waals surface area (Å²) in [5.74, 6) is 0.0735. The Morgan fingerprint density at radius 1 is 1.24 bits per heavy atom. The molecule has 0 fully saturated rings. The average molecular weight is 233 g/mol. The highest BCUT2D eigenvalue weighted by Gasteiger charge is 2.09. The molecule has 2 aromatic rings. The average Bonchev–Trinajstić information content (AvgIpc) is 2.39. The molecule has 0 bridgehead atoms. The zero-order valence-corrected chi connectivity index (χ0v) is 9.05. The molecule has 0 aliphatic rings. The van der Waals surface area contributed by atoms with Crippen molar-refractivity contribution in [2.75, 3.05) is 6.61 Å². The van der Waals surface area contributed by atoms with E-state index in [2.05, 4.69) is 9.97 Å². The Kier molecular flexibility index (Phi) is 3.41. The van der Waals surface area contributed by atoms with Crippen LogP contribution in [0, 0.1) is 5.82 Å². The molecule has 0 aliphatic heterocycles. The third kappa shape index (κ3) is 2.64. The van der Waals surface area contributed by atoms with Crippen LogP contribution in [0.25, 0.3) is 11.3 Å². The van der Waals surface area contributed by atoms with Crippen molar-refractivity contribution >= 4 is 0 Å². The molecule has 0 amide bonds. The van der Waals surface area contributed by atoms with E-state index in [-0.39, 0.29) is 12.4 Å². The van der Waals surface area contributed by atoms with Gasteiger partial charge in [0, 0.05) is 11.8 Å². The lowest BCUT2D eigenvalue weighted by Gasteiger charge is -2.08. The van der Waals surface area contributed by atoms with E-state index in [1.807, 2.05) is 0 Å². The van der Waals surface area contributed by atoms with E-state index < -0.39 is 6.04 Å². The smallest absolute Gasteiger partial charge is 0.147 e. The number of hydrogen-bond donors (Lipinski definition) is 2. The second-order valence-electron chi connectivity index (χ2n) is 3.60. The van der Waals surface area contributed by atoms with E-state index in [0.717, 1.165) is 5.56 Å². The van der Waals surface area contributed by atoms with Gasteiger partial charge in [-0.05, 0) is 30.3 Å². The summed E-state index contributed by atoms with van der Waals surface area (Å²) in [5, 5.41) is 8.93. The number of aliphatic hydroxyl groups is 1. The van der Waals surface area contributed by atoms with Gasteiger partial charge in [0.1, 0.15) is 11.6 Å². The summed E-state index contributed by atoms with van der Waals surface area (Å²) in [6, 6.07) is 7.10. The number of aromatic nitrogens is 2. The lowest BCUT2D eigenvalue weighted by atomic mass is 10.1. The molecule has 1 aromatic heterocycles. The standard InChI is InChI=1S/C12H12FN3O/c13-9-3-1-8(2-4-9)11-5-6-15-12(16-11)10(14)7-17/h1-6,10,17H,7,14H2. The summed E-state index contributed by atoms with van der Waals surface area (Å²) in [6.07, 6.45) is 1.57. The van der Waals surface area contributed by atoms with E-state index in [1.165, 1.54) is 12.1 Å². The molecule has 1 atom stereocenters. The number of nitrogens with two attached hydrogens (primary N) is 1. The molecule has 3 N–H and O–H groups in total. The van der Waals surface area contributed by atoms with Crippen molar-refractivity contribution in [2.24, 2.45) is 5.73 Å². The Morgan fingerprint density at radius 3 is 2.59 bits per heavy atom. The van der Waals surface area contributed by atoms with E-state index in [1.54, 1.807) is 24.4 Å². The van der Waals surface area contributed by atoms with Crippen LogP contribution in [0.5, 0.6) is 0 Å². The maximum Gasteiger partial charge on any atom is 0.147 e. The highest BCUT2D eigenvalue weighted by molar-refractivity contribution is 5.58. The zero-order chi connectivity index (χ0) is 12.3. The summed E-state index contributed by atoms with van der Waals surface area (Å²) >= 11 is 0. The molecule has 0 saturated heterocycles. The molecule has 17 heavy (non-hydrogen) atoms. The quantitative estimate of drug-likeness (QED) is 0.837. The maximum atomic E-state index is 12.8. The minimum atomic E-state index is -0.601. The van der Waals surface area contributed by atoms with Gasteiger partial charge in [-0.2, -0.15) is 0 Å². The van der Waals surface area contributed by atoms with E-state index >= 15 is 0 Å². The molecule has 1 heterocycles. The first-order valence-corrected chi connectivity index (χ1v) is 5.16. The molecule has 1 unspecified atom stereocenters. The van der Waals surface area contributed by atoms with Crippen LogP contribution in [-0.2, 0) is 0 Å². The first-order chi connectivity index (χ1) is 8.20. The van der Waals surface area contributed by atoms with Gasteiger partial charge in [-0.15, -0.1) is 0 Å². The van der Waals surface area contributed by atoms with E-state index in [9.17, 15) is 4.39 Å². The molecule has 0 saturated carbocycles. The highest BCUT2D eigenvalue weighted by atomic mass is 19.1. The Balaban J connectivity index is 2.36. The Bertz CT molecular complexity index is 501. The lowest BCUT2D eigenvalue weighted by molar-refractivity contribution is 0.263. The first-order valence-electron chi connectivity index (χ1n) is 5.16. The molecular formula is C12H12FN3O. The largest absolute Gasteiger partial charge is 0.394 e. The van der Waals surface area contributed by atoms with Crippen LogP contribution >= 0.6 is 0 Å². The zero-order valence-electron chi connectivity index (χ0n) is 9.05. The van der Waals surface area contributed by atoms with Crippen molar-refractivity contribution in [3.63, 3.8) is 0 Å². The van der Waals surface area contributed by atoms with Crippen molar-refractivity contribution in [2.45, 2.75) is 6.04 Å². The normalized spacial score (nSPS) is 12.4. The minimum Gasteiger partial charge on any atom is -0.394 e. The van der Waals surface area contributed by atoms with Crippen molar-refractivity contribution < 1.29 is 9.50 Å². The van der Waals surface area contributed by atoms with Crippen molar-refractivity contribution in [1.29, 1.82) is 0 Å². The number of halogens is 1. The fourth-order valence-corrected chi connectivity index (χ4v) is 1.42.